The van der Waals surface area contributed by atoms with Crippen molar-refractivity contribution in [2.75, 3.05) is 9.80 Å². The molecule has 13 aromatic carbocycles. The molecular weight excluding hydrogens is 821 g/mol. The van der Waals surface area contributed by atoms with Gasteiger partial charge in [0.15, 0.2) is 0 Å². The smallest absolute Gasteiger partial charge is 0.0546 e. The summed E-state index contributed by atoms with van der Waals surface area (Å²) in [7, 11) is 0. The molecule has 0 saturated heterocycles. The lowest BCUT2D eigenvalue weighted by atomic mass is 9.95. The van der Waals surface area contributed by atoms with E-state index in [-0.39, 0.29) is 0 Å². The Morgan fingerprint density at radius 2 is 0.456 bits per heavy atom. The topological polar surface area (TPSA) is 6.48 Å². The van der Waals surface area contributed by atoms with Crippen molar-refractivity contribution in [2.24, 2.45) is 0 Å². The highest BCUT2D eigenvalue weighted by atomic mass is 15.1. The molecule has 0 unspecified atom stereocenters. The van der Waals surface area contributed by atoms with Crippen molar-refractivity contribution in [3.05, 3.63) is 267 Å². The maximum absolute atomic E-state index is 2.41. The fraction of sp³-hybridized carbons (Fsp3) is 0. The quantitative estimate of drug-likeness (QED) is 0.140. The molecule has 0 aliphatic carbocycles. The zero-order valence-corrected chi connectivity index (χ0v) is 37.3. The number of nitrogens with zero attached hydrogens (tertiary/aromatic N) is 2. The van der Waals surface area contributed by atoms with E-state index in [0.717, 1.165) is 34.1 Å². The maximum atomic E-state index is 2.41. The van der Waals surface area contributed by atoms with Gasteiger partial charge in [-0.15, -0.1) is 0 Å². The molecule has 68 heavy (non-hydrogen) atoms. The van der Waals surface area contributed by atoms with Crippen LogP contribution in [0.3, 0.4) is 0 Å². The Morgan fingerprint density at radius 1 is 0.176 bits per heavy atom. The summed E-state index contributed by atoms with van der Waals surface area (Å²) in [5.74, 6) is 0. The first kappa shape index (κ1) is 39.4. The van der Waals surface area contributed by atoms with Crippen LogP contribution in [0.1, 0.15) is 0 Å². The van der Waals surface area contributed by atoms with Gasteiger partial charge in [0.05, 0.1) is 11.4 Å². The Bertz CT molecular complexity index is 3730. The van der Waals surface area contributed by atoms with E-state index in [9.17, 15) is 0 Å². The van der Waals surface area contributed by atoms with Crippen molar-refractivity contribution < 1.29 is 0 Å². The first-order valence-electron chi connectivity index (χ1n) is 23.4. The van der Waals surface area contributed by atoms with Crippen LogP contribution in [0.4, 0.5) is 34.1 Å². The van der Waals surface area contributed by atoms with Crippen molar-refractivity contribution in [1.29, 1.82) is 0 Å². The second-order valence-electron chi connectivity index (χ2n) is 17.7. The highest BCUT2D eigenvalue weighted by Crippen LogP contribution is 2.46. The second kappa shape index (κ2) is 16.5. The van der Waals surface area contributed by atoms with E-state index in [1.54, 1.807) is 0 Å². The van der Waals surface area contributed by atoms with Crippen LogP contribution in [-0.2, 0) is 0 Å². The van der Waals surface area contributed by atoms with Gasteiger partial charge in [0.25, 0.3) is 0 Å². The van der Waals surface area contributed by atoms with E-state index in [2.05, 4.69) is 277 Å². The number of rotatable bonds is 8. The molecule has 2 heteroatoms. The fourth-order valence-electron chi connectivity index (χ4n) is 10.5. The number of para-hydroxylation sites is 2. The predicted molar refractivity (Wildman–Crippen MR) is 292 cm³/mol. The second-order valence-corrected chi connectivity index (χ2v) is 17.7. The summed E-state index contributed by atoms with van der Waals surface area (Å²) in [6.45, 7) is 0. The molecule has 0 amide bonds. The van der Waals surface area contributed by atoms with E-state index in [0.29, 0.717) is 0 Å². The summed E-state index contributed by atoms with van der Waals surface area (Å²) < 4.78 is 0. The lowest BCUT2D eigenvalue weighted by Crippen LogP contribution is -2.10. The Labute approximate surface area is 395 Å². The molecule has 13 rings (SSSR count). The third-order valence-electron chi connectivity index (χ3n) is 13.8. The monoisotopic (exact) mass is 864 g/mol. The maximum Gasteiger partial charge on any atom is 0.0546 e. The highest BCUT2D eigenvalue weighted by molar-refractivity contribution is 6.23. The predicted octanol–water partition coefficient (Wildman–Crippen LogP) is 18.9. The molecule has 0 aliphatic heterocycles. The molecule has 0 N–H and O–H groups in total. The first-order valence-corrected chi connectivity index (χ1v) is 23.4. The molecule has 0 aliphatic rings. The minimum atomic E-state index is 1.11. The number of benzene rings is 13. The van der Waals surface area contributed by atoms with Gasteiger partial charge in [-0.3, -0.25) is 0 Å². The van der Waals surface area contributed by atoms with E-state index in [1.165, 1.54) is 86.9 Å². The Hall–Kier alpha value is -8.98. The lowest BCUT2D eigenvalue weighted by Gasteiger charge is -2.28. The zero-order chi connectivity index (χ0) is 45.0. The van der Waals surface area contributed by atoms with Crippen molar-refractivity contribution in [1.82, 2.24) is 0 Å². The fourth-order valence-corrected chi connectivity index (χ4v) is 10.5. The molecule has 0 radical (unpaired) electrons. The zero-order valence-electron chi connectivity index (χ0n) is 37.3. The van der Waals surface area contributed by atoms with Crippen LogP contribution >= 0.6 is 0 Å². The average Bonchev–Trinajstić information content (AvgIpc) is 3.42. The normalized spacial score (nSPS) is 11.5. The third kappa shape index (κ3) is 6.73. The molecule has 13 aromatic rings. The largest absolute Gasteiger partial charge is 0.310 e. The molecule has 0 fully saturated rings. The number of fused-ring (bicyclic) bond motifs is 10. The number of anilines is 6. The van der Waals surface area contributed by atoms with Gasteiger partial charge in [-0.25, -0.2) is 0 Å². The van der Waals surface area contributed by atoms with Crippen LogP contribution in [0.2, 0.25) is 0 Å². The van der Waals surface area contributed by atoms with Crippen molar-refractivity contribution in [3.8, 4) is 22.3 Å². The Balaban J connectivity index is 0.842. The van der Waals surface area contributed by atoms with Gasteiger partial charge in [0, 0.05) is 33.5 Å². The summed E-state index contributed by atoms with van der Waals surface area (Å²) in [6, 6.07) is 97.4. The van der Waals surface area contributed by atoms with Gasteiger partial charge in [-0.05, 0) is 137 Å². The molecule has 0 spiro atoms. The van der Waals surface area contributed by atoms with Gasteiger partial charge >= 0.3 is 0 Å². The molecule has 0 saturated carbocycles. The van der Waals surface area contributed by atoms with Crippen molar-refractivity contribution in [3.63, 3.8) is 0 Å². The highest BCUT2D eigenvalue weighted by Gasteiger charge is 2.20. The molecule has 0 atom stereocenters. The summed E-state index contributed by atoms with van der Waals surface area (Å²) in [4.78, 5) is 4.81. The molecule has 0 bridgehead atoms. The van der Waals surface area contributed by atoms with Crippen LogP contribution in [0.5, 0.6) is 0 Å². The van der Waals surface area contributed by atoms with Crippen molar-refractivity contribution >= 4 is 98.8 Å². The summed E-state index contributed by atoms with van der Waals surface area (Å²) >= 11 is 0. The first-order chi connectivity index (χ1) is 33.7. The molecular formula is C66H44N2. The minimum Gasteiger partial charge on any atom is -0.310 e. The van der Waals surface area contributed by atoms with E-state index in [1.807, 2.05) is 0 Å². The van der Waals surface area contributed by atoms with Crippen LogP contribution < -0.4 is 9.80 Å². The van der Waals surface area contributed by atoms with E-state index in [4.69, 9.17) is 0 Å². The molecule has 2 nitrogen and oxygen atoms in total. The Morgan fingerprint density at radius 3 is 0.838 bits per heavy atom. The van der Waals surface area contributed by atoms with Crippen LogP contribution in [0.15, 0.2) is 267 Å². The van der Waals surface area contributed by atoms with Crippen LogP contribution in [0, 0.1) is 0 Å². The van der Waals surface area contributed by atoms with E-state index >= 15 is 0 Å². The van der Waals surface area contributed by atoms with Gasteiger partial charge in [-0.2, -0.15) is 0 Å². The third-order valence-corrected chi connectivity index (χ3v) is 13.8. The summed E-state index contributed by atoms with van der Waals surface area (Å²) in [5.41, 5.74) is 11.5. The van der Waals surface area contributed by atoms with Crippen molar-refractivity contribution in [2.45, 2.75) is 0 Å². The SMILES string of the molecule is c1ccc(N(c2ccc(-c3ccc(-c4ccc(N(c5ccccc5)c5cc6c7ccccc7ccc6c6ccccc56)cc4)cc3)cc2)c2cc3c4ccccc4ccc3c3ccccc23)cc1. The number of hydrogen-bond donors (Lipinski definition) is 0. The standard InChI is InChI=1S/C66H44N2/c1-3-17-51(18-4-1)67(65-43-63-55-21-9-7-15-49(55)35-41-59(63)57-23-11-13-25-61(57)65)53-37-31-47(32-38-53)45-27-29-46(30-28-45)48-33-39-54(40-34-48)68(52-19-5-2-6-20-52)66-44-64-56-22-10-8-16-50(56)36-42-60(64)58-24-12-14-26-62(58)66/h1-44H. The van der Waals surface area contributed by atoms with Crippen LogP contribution in [0.25, 0.3) is 86.9 Å². The number of hydrogen-bond acceptors (Lipinski definition) is 2. The molecule has 0 heterocycles. The molecule has 318 valence electrons. The average molecular weight is 865 g/mol. The molecule has 0 aromatic heterocycles. The van der Waals surface area contributed by atoms with Gasteiger partial charge in [0.2, 0.25) is 0 Å². The summed E-state index contributed by atoms with van der Waals surface area (Å²) in [5, 5.41) is 15.0. The minimum absolute atomic E-state index is 1.11. The van der Waals surface area contributed by atoms with Crippen LogP contribution in [-0.4, -0.2) is 0 Å². The summed E-state index contributed by atoms with van der Waals surface area (Å²) in [6.07, 6.45) is 0. The van der Waals surface area contributed by atoms with Gasteiger partial charge < -0.3 is 9.80 Å². The lowest BCUT2D eigenvalue weighted by molar-refractivity contribution is 1.30. The van der Waals surface area contributed by atoms with Gasteiger partial charge in [0.1, 0.15) is 0 Å². The Kier molecular flexibility index (Phi) is 9.54. The van der Waals surface area contributed by atoms with E-state index < -0.39 is 0 Å². The van der Waals surface area contributed by atoms with Gasteiger partial charge in [-0.1, -0.05) is 206 Å².